The van der Waals surface area contributed by atoms with E-state index in [4.69, 9.17) is 0 Å². The molecule has 2 amide bonds. The van der Waals surface area contributed by atoms with Crippen LogP contribution < -0.4 is 5.32 Å². The van der Waals surface area contributed by atoms with E-state index >= 15 is 0 Å². The van der Waals surface area contributed by atoms with E-state index < -0.39 is 0 Å². The first kappa shape index (κ1) is 19.4. The van der Waals surface area contributed by atoms with Gasteiger partial charge in [0.15, 0.2) is 0 Å². The van der Waals surface area contributed by atoms with E-state index in [2.05, 4.69) is 10.4 Å². The summed E-state index contributed by atoms with van der Waals surface area (Å²) in [6.45, 7) is 4.47. The van der Waals surface area contributed by atoms with Crippen molar-refractivity contribution in [1.82, 2.24) is 24.9 Å². The van der Waals surface area contributed by atoms with E-state index in [0.29, 0.717) is 44.3 Å². The lowest BCUT2D eigenvalue weighted by Gasteiger charge is -2.34. The Morgan fingerprint density at radius 3 is 2.50 bits per heavy atom. The van der Waals surface area contributed by atoms with Crippen LogP contribution in [0, 0.1) is 5.92 Å². The highest BCUT2D eigenvalue weighted by molar-refractivity contribution is 5.92. The molecule has 2 saturated heterocycles. The van der Waals surface area contributed by atoms with Gasteiger partial charge >= 0.3 is 0 Å². The van der Waals surface area contributed by atoms with Crippen molar-refractivity contribution in [2.75, 3.05) is 39.3 Å². The van der Waals surface area contributed by atoms with Crippen LogP contribution >= 0.6 is 0 Å². The Hall–Kier alpha value is -1.89. The van der Waals surface area contributed by atoms with Gasteiger partial charge in [-0.15, -0.1) is 0 Å². The molecule has 3 heterocycles. The quantitative estimate of drug-likeness (QED) is 0.840. The van der Waals surface area contributed by atoms with Gasteiger partial charge in [0.2, 0.25) is 5.91 Å². The summed E-state index contributed by atoms with van der Waals surface area (Å²) < 4.78 is 1.93. The monoisotopic (exact) mass is 387 g/mol. The van der Waals surface area contributed by atoms with Crippen LogP contribution in [0.4, 0.5) is 0 Å². The molecule has 4 rings (SSSR count). The molecular formula is C21H33N5O2. The zero-order chi connectivity index (χ0) is 19.3. The molecule has 1 saturated carbocycles. The third-order valence-electron chi connectivity index (χ3n) is 6.63. The lowest BCUT2D eigenvalue weighted by molar-refractivity contribution is -0.133. The minimum Gasteiger partial charge on any atom is -0.339 e. The molecule has 0 spiro atoms. The minimum absolute atomic E-state index is 0.0134. The number of nitrogens with one attached hydrogen (secondary N) is 1. The first-order valence-electron chi connectivity index (χ1n) is 11.0. The van der Waals surface area contributed by atoms with Crippen LogP contribution in [0.1, 0.15) is 67.9 Å². The number of carbonyl (C=O) groups is 2. The molecule has 1 aromatic rings. The number of hydrogen-bond acceptors (Lipinski definition) is 4. The molecule has 28 heavy (non-hydrogen) atoms. The summed E-state index contributed by atoms with van der Waals surface area (Å²) in [4.78, 5) is 29.1. The van der Waals surface area contributed by atoms with Crippen molar-refractivity contribution in [2.45, 2.75) is 57.4 Å². The van der Waals surface area contributed by atoms with Gasteiger partial charge in [-0.1, -0.05) is 25.7 Å². The van der Waals surface area contributed by atoms with Gasteiger partial charge in [0.1, 0.15) is 5.69 Å². The smallest absolute Gasteiger partial charge is 0.274 e. The van der Waals surface area contributed by atoms with Crippen molar-refractivity contribution in [3.63, 3.8) is 0 Å². The van der Waals surface area contributed by atoms with Crippen LogP contribution in [0.3, 0.4) is 0 Å². The fourth-order valence-corrected chi connectivity index (χ4v) is 4.82. The van der Waals surface area contributed by atoms with Crippen molar-refractivity contribution < 1.29 is 9.59 Å². The van der Waals surface area contributed by atoms with Crippen molar-refractivity contribution in [1.29, 1.82) is 0 Å². The van der Waals surface area contributed by atoms with Gasteiger partial charge in [0.05, 0.1) is 6.04 Å². The molecule has 1 aromatic heterocycles. The van der Waals surface area contributed by atoms with Gasteiger partial charge < -0.3 is 15.1 Å². The van der Waals surface area contributed by atoms with E-state index in [0.717, 1.165) is 38.3 Å². The van der Waals surface area contributed by atoms with Gasteiger partial charge in [-0.3, -0.25) is 14.3 Å². The van der Waals surface area contributed by atoms with Gasteiger partial charge in [0.25, 0.3) is 5.91 Å². The van der Waals surface area contributed by atoms with Gasteiger partial charge in [-0.05, 0) is 37.8 Å². The third-order valence-corrected chi connectivity index (χ3v) is 6.63. The molecule has 0 bridgehead atoms. The molecule has 3 aliphatic rings. The summed E-state index contributed by atoms with van der Waals surface area (Å²) in [7, 11) is 0. The fraction of sp³-hybridized carbons (Fsp3) is 0.762. The fourth-order valence-electron chi connectivity index (χ4n) is 4.82. The molecule has 3 fully saturated rings. The first-order chi connectivity index (χ1) is 13.7. The molecule has 1 N–H and O–H groups in total. The van der Waals surface area contributed by atoms with Crippen LogP contribution in [0.25, 0.3) is 0 Å². The Morgan fingerprint density at radius 1 is 1.04 bits per heavy atom. The Bertz CT molecular complexity index is 668. The van der Waals surface area contributed by atoms with Crippen molar-refractivity contribution in [2.24, 2.45) is 5.92 Å². The predicted octanol–water partition coefficient (Wildman–Crippen LogP) is 2.06. The first-order valence-corrected chi connectivity index (χ1v) is 11.0. The second-order valence-electron chi connectivity index (χ2n) is 8.54. The summed E-state index contributed by atoms with van der Waals surface area (Å²) in [5.41, 5.74) is 0.520. The van der Waals surface area contributed by atoms with Crippen LogP contribution in [0.5, 0.6) is 0 Å². The standard InChI is InChI=1S/C21H33N5O2/c27-20(8-7-17-4-1-2-5-17)24-12-14-25(15-13-24)21(28)19-9-11-26(23-19)18-6-3-10-22-16-18/h9,11,17-18,22H,1-8,10,12-16H2. The van der Waals surface area contributed by atoms with Gasteiger partial charge in [-0.25, -0.2) is 0 Å². The molecular weight excluding hydrogens is 354 g/mol. The number of amides is 2. The molecule has 7 heteroatoms. The summed E-state index contributed by atoms with van der Waals surface area (Å²) >= 11 is 0. The van der Waals surface area contributed by atoms with Gasteiger partial charge in [0, 0.05) is 45.3 Å². The largest absolute Gasteiger partial charge is 0.339 e. The third kappa shape index (κ3) is 4.57. The van der Waals surface area contributed by atoms with Crippen LogP contribution in [0.2, 0.25) is 0 Å². The summed E-state index contributed by atoms with van der Waals surface area (Å²) in [5.74, 6) is 0.995. The molecule has 1 unspecified atom stereocenters. The topological polar surface area (TPSA) is 70.5 Å². The number of rotatable bonds is 5. The number of hydrogen-bond donors (Lipinski definition) is 1. The molecule has 154 valence electrons. The highest BCUT2D eigenvalue weighted by Gasteiger charge is 2.27. The number of carbonyl (C=O) groups excluding carboxylic acids is 2. The second kappa shape index (κ2) is 9.07. The van der Waals surface area contributed by atoms with E-state index in [1.54, 1.807) is 0 Å². The minimum atomic E-state index is -0.0134. The normalized spacial score (nSPS) is 23.9. The molecule has 0 radical (unpaired) electrons. The number of piperazine rings is 1. The van der Waals surface area contributed by atoms with E-state index in [9.17, 15) is 9.59 Å². The van der Waals surface area contributed by atoms with E-state index in [1.807, 2.05) is 26.7 Å². The van der Waals surface area contributed by atoms with Gasteiger partial charge in [-0.2, -0.15) is 5.10 Å². The van der Waals surface area contributed by atoms with Crippen LogP contribution in [-0.2, 0) is 4.79 Å². The summed E-state index contributed by atoms with van der Waals surface area (Å²) in [6, 6.07) is 2.17. The highest BCUT2D eigenvalue weighted by Crippen LogP contribution is 2.28. The molecule has 1 atom stereocenters. The van der Waals surface area contributed by atoms with E-state index in [1.165, 1.54) is 25.7 Å². The van der Waals surface area contributed by atoms with Crippen molar-refractivity contribution in [3.8, 4) is 0 Å². The Labute approximate surface area is 167 Å². The number of aromatic nitrogens is 2. The Balaban J connectivity index is 1.24. The molecule has 0 aromatic carbocycles. The summed E-state index contributed by atoms with van der Waals surface area (Å²) in [6.07, 6.45) is 11.1. The number of piperidine rings is 1. The maximum atomic E-state index is 12.8. The maximum absolute atomic E-state index is 12.8. The van der Waals surface area contributed by atoms with E-state index in [-0.39, 0.29) is 11.8 Å². The SMILES string of the molecule is O=C(CCC1CCCC1)N1CCN(C(=O)c2ccn(C3CCCNC3)n2)CC1. The number of nitrogens with zero attached hydrogens (tertiary/aromatic N) is 4. The maximum Gasteiger partial charge on any atom is 0.274 e. The average molecular weight is 388 g/mol. The Kier molecular flexibility index (Phi) is 6.29. The lowest BCUT2D eigenvalue weighted by atomic mass is 10.0. The zero-order valence-corrected chi connectivity index (χ0v) is 16.8. The molecule has 1 aliphatic carbocycles. The highest BCUT2D eigenvalue weighted by atomic mass is 16.2. The molecule has 2 aliphatic heterocycles. The Morgan fingerprint density at radius 2 is 1.79 bits per heavy atom. The second-order valence-corrected chi connectivity index (χ2v) is 8.54. The lowest BCUT2D eigenvalue weighted by Crippen LogP contribution is -2.50. The van der Waals surface area contributed by atoms with Crippen LogP contribution in [0.15, 0.2) is 12.3 Å². The zero-order valence-electron chi connectivity index (χ0n) is 16.8. The average Bonchev–Trinajstić information content (AvgIpc) is 3.44. The van der Waals surface area contributed by atoms with Crippen molar-refractivity contribution >= 4 is 11.8 Å². The van der Waals surface area contributed by atoms with Crippen LogP contribution in [-0.4, -0.2) is 70.7 Å². The van der Waals surface area contributed by atoms with Crippen molar-refractivity contribution in [3.05, 3.63) is 18.0 Å². The predicted molar refractivity (Wildman–Crippen MR) is 107 cm³/mol. The molecule has 7 nitrogen and oxygen atoms in total. The summed E-state index contributed by atoms with van der Waals surface area (Å²) in [5, 5.41) is 7.93.